The minimum Gasteiger partial charge on any atom is -0.295 e. The third-order valence-electron chi connectivity index (χ3n) is 2.99. The molecule has 20 heavy (non-hydrogen) atoms. The summed E-state index contributed by atoms with van der Waals surface area (Å²) in [5.41, 5.74) is 2.76. The number of rotatable bonds is 3. The van der Waals surface area contributed by atoms with E-state index < -0.39 is 0 Å². The van der Waals surface area contributed by atoms with E-state index in [-0.39, 0.29) is 0 Å². The molecule has 0 saturated heterocycles. The van der Waals surface area contributed by atoms with E-state index in [4.69, 9.17) is 23.2 Å². The minimum absolute atomic E-state index is 0.513. The molecule has 0 aliphatic rings. The van der Waals surface area contributed by atoms with Crippen LogP contribution in [0.5, 0.6) is 0 Å². The number of hydrogen-bond donors (Lipinski definition) is 0. The first kappa shape index (κ1) is 14.1. The summed E-state index contributed by atoms with van der Waals surface area (Å²) in [4.78, 5) is 8.71. The molecule has 2 aromatic heterocycles. The van der Waals surface area contributed by atoms with E-state index in [0.29, 0.717) is 17.3 Å². The van der Waals surface area contributed by atoms with Gasteiger partial charge >= 0.3 is 0 Å². The van der Waals surface area contributed by atoms with E-state index in [1.807, 2.05) is 24.3 Å². The van der Waals surface area contributed by atoms with Crippen molar-refractivity contribution < 1.29 is 0 Å². The third-order valence-corrected chi connectivity index (χ3v) is 4.16. The van der Waals surface area contributed by atoms with Crippen molar-refractivity contribution in [1.82, 2.24) is 14.5 Å². The van der Waals surface area contributed by atoms with E-state index in [9.17, 15) is 0 Å². The molecule has 0 spiro atoms. The molecular weight excluding hydrogens is 408 g/mol. The highest BCUT2D eigenvalue weighted by Gasteiger charge is 2.14. The second-order valence-corrected chi connectivity index (χ2v) is 6.29. The van der Waals surface area contributed by atoms with E-state index in [0.717, 1.165) is 26.1 Å². The van der Waals surface area contributed by atoms with E-state index in [1.165, 1.54) is 0 Å². The van der Waals surface area contributed by atoms with Crippen molar-refractivity contribution >= 4 is 56.8 Å². The van der Waals surface area contributed by atoms with Gasteiger partial charge in [0.15, 0.2) is 0 Å². The molecule has 3 aromatic rings. The van der Waals surface area contributed by atoms with Gasteiger partial charge in [-0.25, -0.2) is 4.98 Å². The Labute approximate surface area is 140 Å². The Morgan fingerprint density at radius 2 is 2.10 bits per heavy atom. The van der Waals surface area contributed by atoms with Crippen molar-refractivity contribution in [3.05, 3.63) is 51.1 Å². The Bertz CT molecular complexity index is 770. The van der Waals surface area contributed by atoms with Gasteiger partial charge in [-0.05, 0) is 46.9 Å². The average molecular weight is 418 g/mol. The topological polar surface area (TPSA) is 30.7 Å². The molecular formula is C14H10Cl2IN3. The number of pyridine rings is 1. The number of nitrogens with zero attached hydrogens (tertiary/aromatic N) is 3. The van der Waals surface area contributed by atoms with Crippen LogP contribution in [0.1, 0.15) is 5.82 Å². The lowest BCUT2D eigenvalue weighted by atomic mass is 10.3. The van der Waals surface area contributed by atoms with Gasteiger partial charge in [-0.2, -0.15) is 0 Å². The number of aryl methyl sites for hydroxylation is 1. The van der Waals surface area contributed by atoms with Crippen molar-refractivity contribution in [3.8, 4) is 5.69 Å². The van der Waals surface area contributed by atoms with Crippen LogP contribution in [0.4, 0.5) is 0 Å². The molecule has 6 heteroatoms. The highest BCUT2D eigenvalue weighted by atomic mass is 127. The predicted molar refractivity (Wildman–Crippen MR) is 91.0 cm³/mol. The molecule has 0 radical (unpaired) electrons. The van der Waals surface area contributed by atoms with Crippen molar-refractivity contribution in [3.63, 3.8) is 0 Å². The normalized spacial score (nSPS) is 11.2. The van der Waals surface area contributed by atoms with Crippen LogP contribution in [0.3, 0.4) is 0 Å². The molecule has 3 nitrogen and oxygen atoms in total. The van der Waals surface area contributed by atoms with Crippen molar-refractivity contribution in [2.45, 2.75) is 6.42 Å². The summed E-state index contributed by atoms with van der Waals surface area (Å²) in [7, 11) is 0. The zero-order chi connectivity index (χ0) is 14.1. The molecule has 0 aliphatic heterocycles. The van der Waals surface area contributed by atoms with Gasteiger partial charge in [0.2, 0.25) is 0 Å². The van der Waals surface area contributed by atoms with Gasteiger partial charge in [0.05, 0.1) is 22.4 Å². The summed E-state index contributed by atoms with van der Waals surface area (Å²) in [6.07, 6.45) is 4.19. The summed E-state index contributed by atoms with van der Waals surface area (Å²) < 4.78 is 3.15. The highest BCUT2D eigenvalue weighted by molar-refractivity contribution is 14.1. The number of aromatic nitrogens is 3. The first-order chi connectivity index (χ1) is 9.70. The van der Waals surface area contributed by atoms with Crippen LogP contribution in [0, 0.1) is 3.57 Å². The smallest absolute Gasteiger partial charge is 0.115 e. The Hall–Kier alpha value is -0.850. The molecule has 0 amide bonds. The Kier molecular flexibility index (Phi) is 4.14. The second-order valence-electron chi connectivity index (χ2n) is 4.26. The van der Waals surface area contributed by atoms with Crippen LogP contribution in [-0.2, 0) is 6.42 Å². The Balaban J connectivity index is 2.30. The average Bonchev–Trinajstić information content (AvgIpc) is 2.78. The Morgan fingerprint density at radius 1 is 1.25 bits per heavy atom. The molecule has 1 aromatic carbocycles. The number of halogens is 3. The van der Waals surface area contributed by atoms with Gasteiger partial charge in [0.25, 0.3) is 0 Å². The number of alkyl halides is 1. The first-order valence-corrected chi connectivity index (χ1v) is 8.02. The van der Waals surface area contributed by atoms with Crippen LogP contribution in [0.15, 0.2) is 36.7 Å². The SMILES string of the molecule is ClCCc1nc2cnccc2n1-c1ccc(I)cc1Cl. The molecule has 3 rings (SSSR count). The molecule has 102 valence electrons. The molecule has 0 saturated carbocycles. The minimum atomic E-state index is 0.513. The predicted octanol–water partition coefficient (Wildman–Crippen LogP) is 4.46. The number of hydrogen-bond acceptors (Lipinski definition) is 2. The van der Waals surface area contributed by atoms with Crippen molar-refractivity contribution in [2.75, 3.05) is 5.88 Å². The van der Waals surface area contributed by atoms with Gasteiger partial charge in [0.1, 0.15) is 11.3 Å². The quantitative estimate of drug-likeness (QED) is 0.465. The summed E-state index contributed by atoms with van der Waals surface area (Å²) in [6, 6.07) is 7.91. The second kappa shape index (κ2) is 5.87. The fourth-order valence-electron chi connectivity index (χ4n) is 2.17. The maximum atomic E-state index is 6.39. The standard InChI is InChI=1S/C14H10Cl2IN3/c15-5-3-14-19-11-8-18-6-4-13(11)20(14)12-2-1-9(17)7-10(12)16/h1-2,4,6-8H,3,5H2. The van der Waals surface area contributed by atoms with Crippen molar-refractivity contribution in [1.29, 1.82) is 0 Å². The van der Waals surface area contributed by atoms with Gasteiger partial charge in [0, 0.05) is 22.1 Å². The van der Waals surface area contributed by atoms with Gasteiger partial charge < -0.3 is 0 Å². The number of fused-ring (bicyclic) bond motifs is 1. The largest absolute Gasteiger partial charge is 0.295 e. The van der Waals surface area contributed by atoms with Gasteiger partial charge in [-0.1, -0.05) is 11.6 Å². The fourth-order valence-corrected chi connectivity index (χ4v) is 3.28. The lowest BCUT2D eigenvalue weighted by Gasteiger charge is -2.10. The molecule has 0 atom stereocenters. The van der Waals surface area contributed by atoms with E-state index >= 15 is 0 Å². The van der Waals surface area contributed by atoms with Gasteiger partial charge in [-0.3, -0.25) is 9.55 Å². The van der Waals surface area contributed by atoms with Crippen LogP contribution < -0.4 is 0 Å². The molecule has 0 bridgehead atoms. The van der Waals surface area contributed by atoms with E-state index in [2.05, 4.69) is 37.1 Å². The Morgan fingerprint density at radius 3 is 2.85 bits per heavy atom. The fraction of sp³-hybridized carbons (Fsp3) is 0.143. The summed E-state index contributed by atoms with van der Waals surface area (Å²) in [5.74, 6) is 1.41. The zero-order valence-corrected chi connectivity index (χ0v) is 14.0. The zero-order valence-electron chi connectivity index (χ0n) is 10.4. The third kappa shape index (κ3) is 2.52. The first-order valence-electron chi connectivity index (χ1n) is 6.03. The number of benzene rings is 1. The summed E-state index contributed by atoms with van der Waals surface area (Å²) in [5, 5.41) is 0.698. The molecule has 2 heterocycles. The molecule has 0 N–H and O–H groups in total. The van der Waals surface area contributed by atoms with Crippen LogP contribution >= 0.6 is 45.8 Å². The number of imidazole rings is 1. The van der Waals surface area contributed by atoms with Crippen LogP contribution in [-0.4, -0.2) is 20.4 Å². The lowest BCUT2D eigenvalue weighted by Crippen LogP contribution is -2.03. The highest BCUT2D eigenvalue weighted by Crippen LogP contribution is 2.28. The van der Waals surface area contributed by atoms with Crippen LogP contribution in [0.2, 0.25) is 5.02 Å². The maximum Gasteiger partial charge on any atom is 0.115 e. The maximum absolute atomic E-state index is 6.39. The van der Waals surface area contributed by atoms with Gasteiger partial charge in [-0.15, -0.1) is 11.6 Å². The van der Waals surface area contributed by atoms with E-state index in [1.54, 1.807) is 12.4 Å². The molecule has 0 fully saturated rings. The molecule has 0 aliphatic carbocycles. The van der Waals surface area contributed by atoms with Crippen LogP contribution in [0.25, 0.3) is 16.7 Å². The lowest BCUT2D eigenvalue weighted by molar-refractivity contribution is 0.912. The summed E-state index contributed by atoms with van der Waals surface area (Å²) in [6.45, 7) is 0. The van der Waals surface area contributed by atoms with Crippen molar-refractivity contribution in [2.24, 2.45) is 0 Å². The summed E-state index contributed by atoms with van der Waals surface area (Å²) >= 11 is 14.5. The molecule has 0 unspecified atom stereocenters. The monoisotopic (exact) mass is 417 g/mol.